The molecule has 0 spiro atoms. The summed E-state index contributed by atoms with van der Waals surface area (Å²) in [6, 6.07) is 2.12. The number of halogens is 1. The van der Waals surface area contributed by atoms with Gasteiger partial charge in [0.25, 0.3) is 0 Å². The normalized spacial score (nSPS) is 11.1. The van der Waals surface area contributed by atoms with Crippen molar-refractivity contribution < 1.29 is 0 Å². The van der Waals surface area contributed by atoms with Crippen LogP contribution in [0.3, 0.4) is 0 Å². The molecule has 3 heteroatoms. The molecular weight excluding hydrogens is 246 g/mol. The van der Waals surface area contributed by atoms with Gasteiger partial charge in [-0.05, 0) is 47.4 Å². The van der Waals surface area contributed by atoms with Crippen molar-refractivity contribution in [1.82, 2.24) is 4.90 Å². The van der Waals surface area contributed by atoms with E-state index in [4.69, 9.17) is 0 Å². The van der Waals surface area contributed by atoms with E-state index in [1.807, 2.05) is 11.3 Å². The van der Waals surface area contributed by atoms with Crippen LogP contribution in [0.1, 0.15) is 24.6 Å². The zero-order chi connectivity index (χ0) is 9.68. The number of nitrogens with zero attached hydrogens (tertiary/aromatic N) is 1. The minimum atomic E-state index is 1.07. The van der Waals surface area contributed by atoms with Crippen LogP contribution in [0.25, 0.3) is 0 Å². The van der Waals surface area contributed by atoms with Crippen LogP contribution in [0, 0.1) is 0 Å². The summed E-state index contributed by atoms with van der Waals surface area (Å²) in [6.45, 7) is 4.49. The predicted octanol–water partition coefficient (Wildman–Crippen LogP) is 3.74. The number of unbranched alkanes of at least 4 members (excludes halogenated alkanes) is 1. The summed E-state index contributed by atoms with van der Waals surface area (Å²) in [5, 5.41) is 2.13. The van der Waals surface area contributed by atoms with Crippen molar-refractivity contribution in [2.45, 2.75) is 26.3 Å². The Morgan fingerprint density at radius 3 is 2.85 bits per heavy atom. The lowest BCUT2D eigenvalue weighted by Gasteiger charge is -2.14. The van der Waals surface area contributed by atoms with E-state index in [1.54, 1.807) is 0 Å². The molecule has 0 bridgehead atoms. The van der Waals surface area contributed by atoms with Gasteiger partial charge >= 0.3 is 0 Å². The van der Waals surface area contributed by atoms with Crippen LogP contribution in [0.5, 0.6) is 0 Å². The van der Waals surface area contributed by atoms with E-state index < -0.39 is 0 Å². The topological polar surface area (TPSA) is 3.24 Å². The van der Waals surface area contributed by atoms with Gasteiger partial charge in [-0.2, -0.15) is 0 Å². The van der Waals surface area contributed by atoms with Gasteiger partial charge in [0.05, 0.1) is 0 Å². The Morgan fingerprint density at radius 2 is 2.31 bits per heavy atom. The fraction of sp³-hybridized carbons (Fsp3) is 0.600. The second-order valence-corrected chi connectivity index (χ2v) is 5.14. The number of hydrogen-bond acceptors (Lipinski definition) is 2. The highest BCUT2D eigenvalue weighted by atomic mass is 79.9. The van der Waals surface area contributed by atoms with Crippen LogP contribution in [0.2, 0.25) is 0 Å². The van der Waals surface area contributed by atoms with Gasteiger partial charge in [0.1, 0.15) is 0 Å². The van der Waals surface area contributed by atoms with Gasteiger partial charge < -0.3 is 4.90 Å². The van der Waals surface area contributed by atoms with Crippen molar-refractivity contribution in [3.63, 3.8) is 0 Å². The Morgan fingerprint density at radius 1 is 1.54 bits per heavy atom. The summed E-state index contributed by atoms with van der Waals surface area (Å²) in [5.41, 5.74) is 0. The van der Waals surface area contributed by atoms with Gasteiger partial charge in [-0.3, -0.25) is 0 Å². The molecule has 1 rings (SSSR count). The number of thiophene rings is 1. The standard InChI is InChI=1S/C10H16BrNS/c1-3-4-6-12(2)8-10-9(11)5-7-13-10/h5,7H,3-4,6,8H2,1-2H3. The van der Waals surface area contributed by atoms with Crippen LogP contribution in [-0.2, 0) is 6.54 Å². The fourth-order valence-electron chi connectivity index (χ4n) is 1.19. The Hall–Kier alpha value is 0.140. The summed E-state index contributed by atoms with van der Waals surface area (Å²) >= 11 is 5.37. The quantitative estimate of drug-likeness (QED) is 0.781. The van der Waals surface area contributed by atoms with E-state index in [1.165, 1.54) is 28.7 Å². The van der Waals surface area contributed by atoms with Gasteiger partial charge in [-0.25, -0.2) is 0 Å². The van der Waals surface area contributed by atoms with Gasteiger partial charge in [-0.15, -0.1) is 11.3 Å². The van der Waals surface area contributed by atoms with E-state index >= 15 is 0 Å². The molecule has 0 atom stereocenters. The Labute approximate surface area is 92.9 Å². The van der Waals surface area contributed by atoms with Gasteiger partial charge in [0, 0.05) is 15.9 Å². The van der Waals surface area contributed by atoms with Crippen molar-refractivity contribution in [3.8, 4) is 0 Å². The van der Waals surface area contributed by atoms with E-state index in [9.17, 15) is 0 Å². The molecule has 0 aliphatic carbocycles. The highest BCUT2D eigenvalue weighted by molar-refractivity contribution is 9.10. The van der Waals surface area contributed by atoms with Crippen molar-refractivity contribution in [1.29, 1.82) is 0 Å². The maximum Gasteiger partial charge on any atom is 0.0336 e. The van der Waals surface area contributed by atoms with Gasteiger partial charge in [-0.1, -0.05) is 13.3 Å². The molecule has 1 nitrogen and oxygen atoms in total. The lowest BCUT2D eigenvalue weighted by molar-refractivity contribution is 0.323. The minimum Gasteiger partial charge on any atom is -0.301 e. The molecule has 0 saturated carbocycles. The lowest BCUT2D eigenvalue weighted by atomic mass is 10.3. The van der Waals surface area contributed by atoms with Gasteiger partial charge in [0.15, 0.2) is 0 Å². The first kappa shape index (κ1) is 11.2. The molecule has 0 aliphatic heterocycles. The number of hydrogen-bond donors (Lipinski definition) is 0. The Balaban J connectivity index is 2.36. The van der Waals surface area contributed by atoms with Crippen LogP contribution in [-0.4, -0.2) is 18.5 Å². The monoisotopic (exact) mass is 261 g/mol. The number of rotatable bonds is 5. The summed E-state index contributed by atoms with van der Waals surface area (Å²) in [5.74, 6) is 0. The molecule has 13 heavy (non-hydrogen) atoms. The smallest absolute Gasteiger partial charge is 0.0336 e. The summed E-state index contributed by atoms with van der Waals surface area (Å²) in [6.07, 6.45) is 2.56. The summed E-state index contributed by atoms with van der Waals surface area (Å²) in [7, 11) is 2.18. The Bertz CT molecular complexity index is 247. The maximum atomic E-state index is 3.55. The SMILES string of the molecule is CCCCN(C)Cc1sccc1Br. The molecule has 0 N–H and O–H groups in total. The van der Waals surface area contributed by atoms with Crippen molar-refractivity contribution in [3.05, 3.63) is 20.8 Å². The average molecular weight is 262 g/mol. The van der Waals surface area contributed by atoms with Crippen LogP contribution < -0.4 is 0 Å². The molecule has 1 heterocycles. The molecule has 0 fully saturated rings. The fourth-order valence-corrected chi connectivity index (χ4v) is 2.75. The first-order chi connectivity index (χ1) is 6.24. The van der Waals surface area contributed by atoms with E-state index in [0.29, 0.717) is 0 Å². The lowest BCUT2D eigenvalue weighted by Crippen LogP contribution is -2.18. The van der Waals surface area contributed by atoms with E-state index in [-0.39, 0.29) is 0 Å². The van der Waals surface area contributed by atoms with Crippen LogP contribution >= 0.6 is 27.3 Å². The molecule has 0 aliphatic rings. The van der Waals surface area contributed by atoms with Crippen LogP contribution in [0.4, 0.5) is 0 Å². The predicted molar refractivity (Wildman–Crippen MR) is 63.3 cm³/mol. The maximum absolute atomic E-state index is 3.55. The van der Waals surface area contributed by atoms with Crippen molar-refractivity contribution in [2.24, 2.45) is 0 Å². The average Bonchev–Trinajstić information content (AvgIpc) is 2.48. The molecule has 0 saturated heterocycles. The molecule has 0 unspecified atom stereocenters. The first-order valence-corrected chi connectivity index (χ1v) is 6.31. The summed E-state index contributed by atoms with van der Waals surface area (Å²) < 4.78 is 1.25. The largest absolute Gasteiger partial charge is 0.301 e. The molecule has 1 aromatic rings. The van der Waals surface area contributed by atoms with Crippen molar-refractivity contribution in [2.75, 3.05) is 13.6 Å². The van der Waals surface area contributed by atoms with E-state index in [0.717, 1.165) is 6.54 Å². The zero-order valence-corrected chi connectivity index (χ0v) is 10.6. The van der Waals surface area contributed by atoms with Crippen LogP contribution in [0.15, 0.2) is 15.9 Å². The highest BCUT2D eigenvalue weighted by Crippen LogP contribution is 2.23. The molecule has 74 valence electrons. The third-order valence-electron chi connectivity index (χ3n) is 2.00. The third kappa shape index (κ3) is 3.79. The first-order valence-electron chi connectivity index (χ1n) is 4.64. The van der Waals surface area contributed by atoms with E-state index in [2.05, 4.69) is 46.2 Å². The molecule has 0 aromatic carbocycles. The van der Waals surface area contributed by atoms with Gasteiger partial charge in [0.2, 0.25) is 0 Å². The second kappa shape index (κ2) is 5.78. The molecule has 0 radical (unpaired) electrons. The molecule has 1 aromatic heterocycles. The zero-order valence-electron chi connectivity index (χ0n) is 8.22. The Kier molecular flexibility index (Phi) is 4.99. The highest BCUT2D eigenvalue weighted by Gasteiger charge is 2.04. The van der Waals surface area contributed by atoms with Crippen molar-refractivity contribution >= 4 is 27.3 Å². The molecular formula is C10H16BrNS. The molecule has 0 amide bonds. The second-order valence-electron chi connectivity index (χ2n) is 3.28. The summed E-state index contributed by atoms with van der Waals surface area (Å²) in [4.78, 5) is 3.80. The third-order valence-corrected chi connectivity index (χ3v) is 3.91. The minimum absolute atomic E-state index is 1.07.